The summed E-state index contributed by atoms with van der Waals surface area (Å²) in [4.78, 5) is 23.5. The van der Waals surface area contributed by atoms with Crippen LogP contribution >= 0.6 is 0 Å². The van der Waals surface area contributed by atoms with Crippen molar-refractivity contribution in [3.05, 3.63) is 65.9 Å². The van der Waals surface area contributed by atoms with Gasteiger partial charge < -0.3 is 20.7 Å². The number of benzene rings is 2. The normalized spacial score (nSPS) is 17.3. The molecule has 5 rings (SSSR count). The van der Waals surface area contributed by atoms with Crippen LogP contribution in [-0.4, -0.2) is 31.5 Å². The summed E-state index contributed by atoms with van der Waals surface area (Å²) in [6.45, 7) is 3.97. The molecule has 1 atom stereocenters. The summed E-state index contributed by atoms with van der Waals surface area (Å²) < 4.78 is 28.7. The van der Waals surface area contributed by atoms with Crippen LogP contribution in [-0.2, 0) is 4.79 Å². The second-order valence-corrected chi connectivity index (χ2v) is 8.77. The highest BCUT2D eigenvalue weighted by atomic mass is 19.1. The molecule has 2 aromatic carbocycles. The highest BCUT2D eigenvalue weighted by molar-refractivity contribution is 5.96. The molecule has 33 heavy (non-hydrogen) atoms. The Morgan fingerprint density at radius 1 is 1.09 bits per heavy atom. The smallest absolute Gasteiger partial charge is 0.228 e. The van der Waals surface area contributed by atoms with Crippen molar-refractivity contribution in [2.75, 3.05) is 5.32 Å². The molecule has 7 nitrogen and oxygen atoms in total. The Morgan fingerprint density at radius 3 is 2.42 bits per heavy atom. The summed E-state index contributed by atoms with van der Waals surface area (Å²) in [6.07, 6.45) is 2.13. The Morgan fingerprint density at radius 2 is 1.79 bits per heavy atom. The molecule has 0 bridgehead atoms. The number of nitrogens with one attached hydrogen (secondary N) is 3. The molecule has 1 amide bonds. The van der Waals surface area contributed by atoms with Crippen LogP contribution in [0.15, 0.2) is 48.7 Å². The molecule has 1 aliphatic heterocycles. The molecule has 1 saturated heterocycles. The second kappa shape index (κ2) is 7.54. The van der Waals surface area contributed by atoms with E-state index in [0.717, 1.165) is 17.7 Å². The number of carbonyl (C=O) groups excluding carboxylic acids is 1. The van der Waals surface area contributed by atoms with Crippen molar-refractivity contribution < 1.29 is 18.7 Å². The Kier molecular flexibility index (Phi) is 4.77. The summed E-state index contributed by atoms with van der Waals surface area (Å²) in [7, 11) is 0. The minimum absolute atomic E-state index is 0.00739. The van der Waals surface area contributed by atoms with Crippen LogP contribution in [0.5, 0.6) is 5.88 Å². The maximum atomic E-state index is 14.3. The fourth-order valence-corrected chi connectivity index (χ4v) is 4.22. The number of amides is 1. The van der Waals surface area contributed by atoms with Gasteiger partial charge in [0.05, 0.1) is 17.0 Å². The Bertz CT molecular complexity index is 1360. The standard InChI is InChI=1S/C24H21F2N5O2/c1-24(2)10-14(22(32)31-24)12-6-8-13(9-7-12)28-21-19-17(11-27-23(19)33)29-20(30-21)18-15(25)4-3-5-16(18)26/h3-9,11,14,27,33H,10H2,1-2H3,(H,31,32)(H,28,29,30). The van der Waals surface area contributed by atoms with Gasteiger partial charge in [-0.05, 0) is 50.1 Å². The van der Waals surface area contributed by atoms with Crippen LogP contribution in [0.2, 0.25) is 0 Å². The van der Waals surface area contributed by atoms with Gasteiger partial charge in [0.1, 0.15) is 22.8 Å². The number of aromatic nitrogens is 3. The summed E-state index contributed by atoms with van der Waals surface area (Å²) in [5.74, 6) is -1.96. The first-order valence-corrected chi connectivity index (χ1v) is 10.4. The van der Waals surface area contributed by atoms with Crippen molar-refractivity contribution in [3.8, 4) is 17.3 Å². The largest absolute Gasteiger partial charge is 0.494 e. The quantitative estimate of drug-likeness (QED) is 0.361. The lowest BCUT2D eigenvalue weighted by molar-refractivity contribution is -0.120. The van der Waals surface area contributed by atoms with Crippen molar-refractivity contribution in [1.82, 2.24) is 20.3 Å². The summed E-state index contributed by atoms with van der Waals surface area (Å²) in [5, 5.41) is 16.6. The second-order valence-electron chi connectivity index (χ2n) is 8.77. The van der Waals surface area contributed by atoms with Crippen LogP contribution in [0.3, 0.4) is 0 Å². The van der Waals surface area contributed by atoms with Gasteiger partial charge in [-0.2, -0.15) is 0 Å². The van der Waals surface area contributed by atoms with Gasteiger partial charge in [0.2, 0.25) is 11.8 Å². The molecule has 0 aliphatic carbocycles. The monoisotopic (exact) mass is 449 g/mol. The molecule has 2 aromatic heterocycles. The van der Waals surface area contributed by atoms with Gasteiger partial charge in [0.15, 0.2) is 5.82 Å². The van der Waals surface area contributed by atoms with E-state index in [4.69, 9.17) is 0 Å². The van der Waals surface area contributed by atoms with E-state index in [1.165, 1.54) is 12.3 Å². The van der Waals surface area contributed by atoms with Gasteiger partial charge in [-0.15, -0.1) is 0 Å². The van der Waals surface area contributed by atoms with E-state index in [1.807, 2.05) is 26.0 Å². The molecule has 0 saturated carbocycles. The zero-order valence-corrected chi connectivity index (χ0v) is 17.9. The average molecular weight is 449 g/mol. The fourth-order valence-electron chi connectivity index (χ4n) is 4.22. The maximum Gasteiger partial charge on any atom is 0.228 e. The highest BCUT2D eigenvalue weighted by Crippen LogP contribution is 2.36. The number of hydrogen-bond acceptors (Lipinski definition) is 5. The molecule has 0 radical (unpaired) electrons. The van der Waals surface area contributed by atoms with Crippen molar-refractivity contribution in [1.29, 1.82) is 0 Å². The molecular weight excluding hydrogens is 428 g/mol. The predicted molar refractivity (Wildman–Crippen MR) is 120 cm³/mol. The molecule has 168 valence electrons. The molecule has 3 heterocycles. The van der Waals surface area contributed by atoms with Crippen LogP contribution in [0.25, 0.3) is 22.3 Å². The number of fused-ring (bicyclic) bond motifs is 1. The first kappa shape index (κ1) is 20.9. The van der Waals surface area contributed by atoms with E-state index in [2.05, 4.69) is 25.6 Å². The maximum absolute atomic E-state index is 14.3. The van der Waals surface area contributed by atoms with Crippen LogP contribution in [0, 0.1) is 11.6 Å². The molecule has 1 unspecified atom stereocenters. The zero-order valence-electron chi connectivity index (χ0n) is 17.9. The number of hydrogen-bond donors (Lipinski definition) is 4. The lowest BCUT2D eigenvalue weighted by atomic mass is 9.91. The van der Waals surface area contributed by atoms with E-state index in [0.29, 0.717) is 17.6 Å². The number of H-pyrrole nitrogens is 1. The number of aromatic hydroxyl groups is 1. The summed E-state index contributed by atoms with van der Waals surface area (Å²) in [6, 6.07) is 10.8. The topological polar surface area (TPSA) is 103 Å². The number of halogens is 2. The van der Waals surface area contributed by atoms with Gasteiger partial charge in [-0.25, -0.2) is 18.7 Å². The third-order valence-corrected chi connectivity index (χ3v) is 5.77. The Labute approximate surface area is 187 Å². The van der Waals surface area contributed by atoms with Gasteiger partial charge >= 0.3 is 0 Å². The van der Waals surface area contributed by atoms with E-state index < -0.39 is 11.6 Å². The average Bonchev–Trinajstić information content (AvgIpc) is 3.26. The summed E-state index contributed by atoms with van der Waals surface area (Å²) >= 11 is 0. The van der Waals surface area contributed by atoms with E-state index in [-0.39, 0.29) is 45.8 Å². The molecular formula is C24H21F2N5O2. The molecule has 0 spiro atoms. The van der Waals surface area contributed by atoms with Gasteiger partial charge in [0.25, 0.3) is 0 Å². The molecule has 9 heteroatoms. The van der Waals surface area contributed by atoms with E-state index in [1.54, 1.807) is 12.1 Å². The highest BCUT2D eigenvalue weighted by Gasteiger charge is 2.38. The van der Waals surface area contributed by atoms with Crippen LogP contribution in [0.1, 0.15) is 31.7 Å². The lowest BCUT2D eigenvalue weighted by Crippen LogP contribution is -2.34. The molecule has 1 fully saturated rings. The minimum Gasteiger partial charge on any atom is -0.494 e. The number of nitrogens with zero attached hydrogens (tertiary/aromatic N) is 2. The van der Waals surface area contributed by atoms with E-state index in [9.17, 15) is 18.7 Å². The van der Waals surface area contributed by atoms with Gasteiger partial charge in [0, 0.05) is 17.4 Å². The molecule has 4 aromatic rings. The summed E-state index contributed by atoms with van der Waals surface area (Å²) in [5.41, 5.74) is 1.19. The number of anilines is 2. The van der Waals surface area contributed by atoms with Gasteiger partial charge in [-0.3, -0.25) is 4.79 Å². The fraction of sp³-hybridized carbons (Fsp3) is 0.208. The SMILES string of the molecule is CC1(C)CC(c2ccc(Nc3nc(-c4c(F)cccc4F)nc4c[nH]c(O)c34)cc2)C(=O)N1. The first-order valence-electron chi connectivity index (χ1n) is 10.4. The zero-order chi connectivity index (χ0) is 23.3. The third-order valence-electron chi connectivity index (χ3n) is 5.77. The number of rotatable bonds is 4. The van der Waals surface area contributed by atoms with Gasteiger partial charge in [-0.1, -0.05) is 18.2 Å². The van der Waals surface area contributed by atoms with Crippen LogP contribution < -0.4 is 10.6 Å². The van der Waals surface area contributed by atoms with E-state index >= 15 is 0 Å². The minimum atomic E-state index is -0.790. The Balaban J connectivity index is 1.51. The first-order chi connectivity index (χ1) is 15.7. The van der Waals surface area contributed by atoms with Crippen molar-refractivity contribution in [2.24, 2.45) is 0 Å². The van der Waals surface area contributed by atoms with Crippen molar-refractivity contribution in [3.63, 3.8) is 0 Å². The number of carbonyl (C=O) groups is 1. The third kappa shape index (κ3) is 3.75. The Hall–Kier alpha value is -4.01. The predicted octanol–water partition coefficient (Wildman–Crippen LogP) is 4.73. The molecule has 1 aliphatic rings. The van der Waals surface area contributed by atoms with Crippen molar-refractivity contribution in [2.45, 2.75) is 31.7 Å². The lowest BCUT2D eigenvalue weighted by Gasteiger charge is -2.16. The van der Waals surface area contributed by atoms with Crippen molar-refractivity contribution >= 4 is 28.3 Å². The van der Waals surface area contributed by atoms with Crippen LogP contribution in [0.4, 0.5) is 20.3 Å². The number of aromatic amines is 1. The molecule has 4 N–H and O–H groups in total.